The molecule has 1 rings (SSSR count). The van der Waals surface area contributed by atoms with E-state index in [2.05, 4.69) is 12.2 Å². The number of aliphatic hydroxyl groups excluding tert-OH is 1. The van der Waals surface area contributed by atoms with Gasteiger partial charge in [-0.05, 0) is 39.2 Å². The Labute approximate surface area is 88.1 Å². The lowest BCUT2D eigenvalue weighted by molar-refractivity contribution is 0.281. The SMILES string of the molecule is CC1(NCCCCCCO)CCCC1. The number of unbranched alkanes of at least 4 members (excludes halogenated alkanes) is 3. The standard InChI is InChI=1S/C12H25NO/c1-12(8-4-5-9-12)13-10-6-2-3-7-11-14/h13-14H,2-11H2,1H3. The minimum Gasteiger partial charge on any atom is -0.396 e. The molecule has 0 bridgehead atoms. The van der Waals surface area contributed by atoms with E-state index in [9.17, 15) is 0 Å². The highest BCUT2D eigenvalue weighted by Crippen LogP contribution is 2.28. The predicted octanol–water partition coefficient (Wildman–Crippen LogP) is 2.46. The Morgan fingerprint density at radius 2 is 1.71 bits per heavy atom. The molecule has 0 atom stereocenters. The summed E-state index contributed by atoms with van der Waals surface area (Å²) in [4.78, 5) is 0. The summed E-state index contributed by atoms with van der Waals surface area (Å²) in [5.41, 5.74) is 0.441. The van der Waals surface area contributed by atoms with Crippen LogP contribution < -0.4 is 5.32 Å². The molecule has 0 radical (unpaired) electrons. The molecule has 2 N–H and O–H groups in total. The molecule has 0 spiro atoms. The van der Waals surface area contributed by atoms with E-state index >= 15 is 0 Å². The minimum atomic E-state index is 0.352. The second kappa shape index (κ2) is 6.41. The largest absolute Gasteiger partial charge is 0.396 e. The minimum absolute atomic E-state index is 0.352. The van der Waals surface area contributed by atoms with Crippen molar-refractivity contribution in [2.45, 2.75) is 63.8 Å². The summed E-state index contributed by atoms with van der Waals surface area (Å²) in [6.07, 6.45) is 10.2. The highest BCUT2D eigenvalue weighted by Gasteiger charge is 2.26. The molecule has 14 heavy (non-hydrogen) atoms. The molecule has 0 aromatic heterocycles. The molecular formula is C12H25NO. The van der Waals surface area contributed by atoms with Crippen molar-refractivity contribution in [3.8, 4) is 0 Å². The molecular weight excluding hydrogens is 174 g/mol. The third kappa shape index (κ3) is 4.43. The molecule has 0 heterocycles. The predicted molar refractivity (Wildman–Crippen MR) is 60.4 cm³/mol. The summed E-state index contributed by atoms with van der Waals surface area (Å²) in [6, 6.07) is 0. The van der Waals surface area contributed by atoms with Crippen molar-refractivity contribution in [3.05, 3.63) is 0 Å². The zero-order chi connectivity index (χ0) is 10.3. The lowest BCUT2D eigenvalue weighted by Crippen LogP contribution is -2.39. The fraction of sp³-hybridized carbons (Fsp3) is 1.00. The van der Waals surface area contributed by atoms with Gasteiger partial charge in [0.15, 0.2) is 0 Å². The first-order chi connectivity index (χ1) is 6.77. The van der Waals surface area contributed by atoms with E-state index in [0.717, 1.165) is 13.0 Å². The smallest absolute Gasteiger partial charge is 0.0431 e. The van der Waals surface area contributed by atoms with Crippen molar-refractivity contribution in [2.75, 3.05) is 13.2 Å². The van der Waals surface area contributed by atoms with Crippen molar-refractivity contribution in [1.82, 2.24) is 5.32 Å². The monoisotopic (exact) mass is 199 g/mol. The molecule has 2 nitrogen and oxygen atoms in total. The maximum absolute atomic E-state index is 8.62. The van der Waals surface area contributed by atoms with Gasteiger partial charge in [0, 0.05) is 12.1 Å². The summed E-state index contributed by atoms with van der Waals surface area (Å²) in [6.45, 7) is 3.86. The van der Waals surface area contributed by atoms with Gasteiger partial charge in [-0.25, -0.2) is 0 Å². The van der Waals surface area contributed by atoms with Crippen molar-refractivity contribution in [2.24, 2.45) is 0 Å². The maximum Gasteiger partial charge on any atom is 0.0431 e. The van der Waals surface area contributed by atoms with Crippen molar-refractivity contribution < 1.29 is 5.11 Å². The van der Waals surface area contributed by atoms with Gasteiger partial charge in [0.05, 0.1) is 0 Å². The van der Waals surface area contributed by atoms with Crippen LogP contribution in [-0.2, 0) is 0 Å². The molecule has 1 aliphatic carbocycles. The van der Waals surface area contributed by atoms with Crippen LogP contribution in [0.15, 0.2) is 0 Å². The number of aliphatic hydroxyl groups is 1. The second-order valence-electron chi connectivity index (χ2n) is 4.83. The van der Waals surface area contributed by atoms with Crippen LogP contribution in [0.1, 0.15) is 58.3 Å². The van der Waals surface area contributed by atoms with Crippen LogP contribution in [0.4, 0.5) is 0 Å². The molecule has 0 unspecified atom stereocenters. The fourth-order valence-electron chi connectivity index (χ4n) is 2.31. The molecule has 0 saturated heterocycles. The van der Waals surface area contributed by atoms with E-state index in [4.69, 9.17) is 5.11 Å². The average Bonchev–Trinajstić information content (AvgIpc) is 2.59. The summed E-state index contributed by atoms with van der Waals surface area (Å²) in [5, 5.41) is 12.3. The van der Waals surface area contributed by atoms with E-state index in [1.807, 2.05) is 0 Å². The van der Waals surface area contributed by atoms with Crippen molar-refractivity contribution >= 4 is 0 Å². The lowest BCUT2D eigenvalue weighted by atomic mass is 10.0. The third-order valence-corrected chi connectivity index (χ3v) is 3.34. The van der Waals surface area contributed by atoms with Crippen molar-refractivity contribution in [1.29, 1.82) is 0 Å². The van der Waals surface area contributed by atoms with Gasteiger partial charge in [0.2, 0.25) is 0 Å². The van der Waals surface area contributed by atoms with E-state index in [-0.39, 0.29) is 0 Å². The van der Waals surface area contributed by atoms with Gasteiger partial charge in [0.25, 0.3) is 0 Å². The number of rotatable bonds is 7. The van der Waals surface area contributed by atoms with Gasteiger partial charge in [-0.1, -0.05) is 25.7 Å². The van der Waals surface area contributed by atoms with Gasteiger partial charge in [-0.15, -0.1) is 0 Å². The van der Waals surface area contributed by atoms with E-state index in [0.29, 0.717) is 12.1 Å². The Hall–Kier alpha value is -0.0800. The molecule has 0 aromatic carbocycles. The summed E-state index contributed by atoms with van der Waals surface area (Å²) >= 11 is 0. The van der Waals surface area contributed by atoms with Crippen LogP contribution in [0.3, 0.4) is 0 Å². The maximum atomic E-state index is 8.62. The van der Waals surface area contributed by atoms with E-state index in [1.54, 1.807) is 0 Å². The number of hydrogen-bond acceptors (Lipinski definition) is 2. The van der Waals surface area contributed by atoms with Crippen LogP contribution in [0.25, 0.3) is 0 Å². The van der Waals surface area contributed by atoms with Gasteiger partial charge in [-0.3, -0.25) is 0 Å². The first-order valence-corrected chi connectivity index (χ1v) is 6.13. The molecule has 1 fully saturated rings. The summed E-state index contributed by atoms with van der Waals surface area (Å²) in [5.74, 6) is 0. The molecule has 0 amide bonds. The normalized spacial score (nSPS) is 20.1. The van der Waals surface area contributed by atoms with Crippen LogP contribution in [-0.4, -0.2) is 23.8 Å². The van der Waals surface area contributed by atoms with E-state index < -0.39 is 0 Å². The molecule has 0 aliphatic heterocycles. The van der Waals surface area contributed by atoms with Crippen molar-refractivity contribution in [3.63, 3.8) is 0 Å². The van der Waals surface area contributed by atoms with Crippen LogP contribution in [0, 0.1) is 0 Å². The average molecular weight is 199 g/mol. The highest BCUT2D eigenvalue weighted by atomic mass is 16.2. The fourth-order valence-corrected chi connectivity index (χ4v) is 2.31. The zero-order valence-electron chi connectivity index (χ0n) is 9.52. The Morgan fingerprint density at radius 3 is 2.36 bits per heavy atom. The van der Waals surface area contributed by atoms with E-state index in [1.165, 1.54) is 44.9 Å². The first-order valence-electron chi connectivity index (χ1n) is 6.13. The molecule has 1 saturated carbocycles. The lowest BCUT2D eigenvalue weighted by Gasteiger charge is -2.25. The van der Waals surface area contributed by atoms with Crippen LogP contribution in [0.2, 0.25) is 0 Å². The quantitative estimate of drug-likeness (QED) is 0.617. The Bertz CT molecular complexity index is 141. The topological polar surface area (TPSA) is 32.3 Å². The van der Waals surface area contributed by atoms with Gasteiger partial charge in [0.1, 0.15) is 0 Å². The highest BCUT2D eigenvalue weighted by molar-refractivity contribution is 4.87. The van der Waals surface area contributed by atoms with Gasteiger partial charge < -0.3 is 10.4 Å². The molecule has 2 heteroatoms. The summed E-state index contributed by atoms with van der Waals surface area (Å²) in [7, 11) is 0. The molecule has 84 valence electrons. The van der Waals surface area contributed by atoms with Gasteiger partial charge in [-0.2, -0.15) is 0 Å². The number of nitrogens with one attached hydrogen (secondary N) is 1. The Kier molecular flexibility index (Phi) is 5.49. The Balaban J connectivity index is 1.92. The molecule has 1 aliphatic rings. The first kappa shape index (κ1) is 12.0. The van der Waals surface area contributed by atoms with Crippen LogP contribution in [0.5, 0.6) is 0 Å². The van der Waals surface area contributed by atoms with Crippen LogP contribution >= 0.6 is 0 Å². The third-order valence-electron chi connectivity index (χ3n) is 3.34. The Morgan fingerprint density at radius 1 is 1.07 bits per heavy atom. The second-order valence-corrected chi connectivity index (χ2v) is 4.83. The number of hydrogen-bond donors (Lipinski definition) is 2. The zero-order valence-corrected chi connectivity index (χ0v) is 9.52. The van der Waals surface area contributed by atoms with Gasteiger partial charge >= 0.3 is 0 Å². The molecule has 0 aromatic rings. The summed E-state index contributed by atoms with van der Waals surface area (Å²) < 4.78 is 0.